The van der Waals surface area contributed by atoms with Crippen molar-refractivity contribution in [2.45, 2.75) is 13.0 Å². The normalized spacial score (nSPS) is 12.1. The third-order valence-corrected chi connectivity index (χ3v) is 3.88. The first kappa shape index (κ1) is 20.8. The number of anilines is 1. The van der Waals surface area contributed by atoms with Crippen LogP contribution in [0.4, 0.5) is 18.9 Å². The number of carbonyl (C=O) groups excluding carboxylic acids is 2. The number of halogens is 5. The van der Waals surface area contributed by atoms with E-state index in [1.54, 1.807) is 12.1 Å². The molecular weight excluding hydrogens is 406 g/mol. The molecule has 0 aliphatic heterocycles. The predicted octanol–water partition coefficient (Wildman–Crippen LogP) is 4.99. The van der Waals surface area contributed by atoms with Gasteiger partial charge in [-0.25, -0.2) is 18.0 Å². The van der Waals surface area contributed by atoms with E-state index in [0.717, 1.165) is 12.1 Å². The highest BCUT2D eigenvalue weighted by Crippen LogP contribution is 2.22. The maximum atomic E-state index is 13.6. The van der Waals surface area contributed by atoms with Crippen molar-refractivity contribution in [2.24, 2.45) is 0 Å². The van der Waals surface area contributed by atoms with Gasteiger partial charge in [-0.05, 0) is 42.8 Å². The maximum absolute atomic E-state index is 13.6. The predicted molar refractivity (Wildman–Crippen MR) is 96.0 cm³/mol. The lowest BCUT2D eigenvalue weighted by atomic mass is 10.2. The van der Waals surface area contributed by atoms with Gasteiger partial charge in [0, 0.05) is 16.1 Å². The van der Waals surface area contributed by atoms with Gasteiger partial charge in [0.05, 0.1) is 5.69 Å². The minimum atomic E-state index is -1.72. The second kappa shape index (κ2) is 8.92. The molecule has 0 fully saturated rings. The van der Waals surface area contributed by atoms with Crippen molar-refractivity contribution in [3.63, 3.8) is 0 Å². The number of ether oxygens (including phenoxy) is 1. The van der Waals surface area contributed by atoms with Gasteiger partial charge >= 0.3 is 5.97 Å². The van der Waals surface area contributed by atoms with Crippen LogP contribution in [-0.4, -0.2) is 18.0 Å². The van der Waals surface area contributed by atoms with Crippen LogP contribution in [0.1, 0.15) is 12.5 Å². The highest BCUT2D eigenvalue weighted by molar-refractivity contribution is 6.35. The van der Waals surface area contributed by atoms with Crippen LogP contribution in [0.2, 0.25) is 10.0 Å². The quantitative estimate of drug-likeness (QED) is 0.423. The van der Waals surface area contributed by atoms with Gasteiger partial charge in [-0.2, -0.15) is 0 Å². The molecule has 0 heterocycles. The first-order valence-corrected chi connectivity index (χ1v) is 8.22. The van der Waals surface area contributed by atoms with Crippen LogP contribution in [0.5, 0.6) is 0 Å². The smallest absolute Gasteiger partial charge is 0.331 e. The number of esters is 1. The monoisotopic (exact) mass is 417 g/mol. The number of nitrogens with one attached hydrogen (secondary N) is 1. The summed E-state index contributed by atoms with van der Waals surface area (Å²) in [6.07, 6.45) is 1.08. The van der Waals surface area contributed by atoms with E-state index in [9.17, 15) is 22.8 Å². The van der Waals surface area contributed by atoms with Crippen LogP contribution >= 0.6 is 23.2 Å². The zero-order valence-electron chi connectivity index (χ0n) is 13.7. The second-order valence-electron chi connectivity index (χ2n) is 5.29. The fraction of sp³-hybridized carbons (Fsp3) is 0.111. The summed E-state index contributed by atoms with van der Waals surface area (Å²) in [6.45, 7) is 1.23. The number of rotatable bonds is 5. The Morgan fingerprint density at radius 1 is 1.11 bits per heavy atom. The molecule has 0 spiro atoms. The molecule has 2 rings (SSSR count). The Labute approximate surface area is 162 Å². The molecule has 1 N–H and O–H groups in total. The largest absolute Gasteiger partial charge is 0.449 e. The van der Waals surface area contributed by atoms with Crippen molar-refractivity contribution < 1.29 is 27.5 Å². The highest BCUT2D eigenvalue weighted by Gasteiger charge is 2.20. The molecule has 27 heavy (non-hydrogen) atoms. The molecule has 1 amide bonds. The van der Waals surface area contributed by atoms with Gasteiger partial charge in [0.15, 0.2) is 23.6 Å². The molecule has 9 heteroatoms. The highest BCUT2D eigenvalue weighted by atomic mass is 35.5. The Morgan fingerprint density at radius 2 is 1.81 bits per heavy atom. The van der Waals surface area contributed by atoms with Crippen LogP contribution < -0.4 is 5.32 Å². The van der Waals surface area contributed by atoms with Crippen LogP contribution in [0.3, 0.4) is 0 Å². The number of carbonyl (C=O) groups is 2. The molecule has 0 saturated heterocycles. The van der Waals surface area contributed by atoms with E-state index in [-0.39, 0.29) is 0 Å². The third-order valence-electron chi connectivity index (χ3n) is 3.32. The zero-order valence-corrected chi connectivity index (χ0v) is 15.2. The van der Waals surface area contributed by atoms with E-state index in [1.165, 1.54) is 19.1 Å². The molecule has 0 aliphatic rings. The van der Waals surface area contributed by atoms with E-state index < -0.39 is 41.1 Å². The molecule has 142 valence electrons. The van der Waals surface area contributed by atoms with Gasteiger partial charge in [-0.15, -0.1) is 0 Å². The van der Waals surface area contributed by atoms with E-state index >= 15 is 0 Å². The fourth-order valence-electron chi connectivity index (χ4n) is 1.92. The summed E-state index contributed by atoms with van der Waals surface area (Å²) in [5, 5.41) is 2.75. The summed E-state index contributed by atoms with van der Waals surface area (Å²) in [6, 6.07) is 6.15. The molecule has 0 saturated carbocycles. The Balaban J connectivity index is 1.98. The van der Waals surface area contributed by atoms with Crippen LogP contribution in [0.25, 0.3) is 6.08 Å². The van der Waals surface area contributed by atoms with Crippen LogP contribution in [0.15, 0.2) is 36.4 Å². The summed E-state index contributed by atoms with van der Waals surface area (Å²) >= 11 is 11.7. The number of benzene rings is 2. The molecule has 0 radical (unpaired) electrons. The van der Waals surface area contributed by atoms with Crippen molar-refractivity contribution in [2.75, 3.05) is 5.32 Å². The molecule has 2 aromatic carbocycles. The number of hydrogen-bond donors (Lipinski definition) is 1. The molecule has 0 aromatic heterocycles. The zero-order chi connectivity index (χ0) is 20.1. The Bertz CT molecular complexity index is 919. The Kier molecular flexibility index (Phi) is 6.87. The maximum Gasteiger partial charge on any atom is 0.331 e. The van der Waals surface area contributed by atoms with E-state index in [0.29, 0.717) is 21.7 Å². The first-order valence-electron chi connectivity index (χ1n) is 7.47. The number of hydrogen-bond acceptors (Lipinski definition) is 3. The standard InChI is InChI=1S/C18H12Cl2F3NO3/c1-9(18(26)24-14-6-5-13(21)16(22)17(14)23)27-15(25)7-3-10-2-4-11(19)8-12(10)20/h2-9H,1H3,(H,24,26)/b7-3+. The Hall–Kier alpha value is -2.51. The van der Waals surface area contributed by atoms with Crippen LogP contribution in [0, 0.1) is 17.5 Å². The molecular formula is C18H12Cl2F3NO3. The summed E-state index contributed by atoms with van der Waals surface area (Å²) < 4.78 is 44.5. The van der Waals surface area contributed by atoms with Gasteiger partial charge < -0.3 is 10.1 Å². The minimum absolute atomic E-state index is 0.311. The minimum Gasteiger partial charge on any atom is -0.449 e. The average molecular weight is 418 g/mol. The summed E-state index contributed by atoms with van der Waals surface area (Å²) in [5.41, 5.74) is -0.0794. The first-order chi connectivity index (χ1) is 12.7. The Morgan fingerprint density at radius 3 is 2.48 bits per heavy atom. The van der Waals surface area contributed by atoms with Gasteiger partial charge in [0.25, 0.3) is 5.91 Å². The van der Waals surface area contributed by atoms with Gasteiger partial charge in [0.1, 0.15) is 0 Å². The van der Waals surface area contributed by atoms with Crippen LogP contribution in [-0.2, 0) is 14.3 Å². The van der Waals surface area contributed by atoms with Gasteiger partial charge in [0.2, 0.25) is 0 Å². The van der Waals surface area contributed by atoms with Gasteiger partial charge in [-0.1, -0.05) is 29.3 Å². The molecule has 2 aromatic rings. The lowest BCUT2D eigenvalue weighted by Crippen LogP contribution is -2.29. The lowest BCUT2D eigenvalue weighted by molar-refractivity contribution is -0.148. The molecule has 1 unspecified atom stereocenters. The molecule has 1 atom stereocenters. The third kappa shape index (κ3) is 5.48. The SMILES string of the molecule is CC(OC(=O)/C=C/c1ccc(Cl)cc1Cl)C(=O)Nc1ccc(F)c(F)c1F. The average Bonchev–Trinajstić information content (AvgIpc) is 2.61. The second-order valence-corrected chi connectivity index (χ2v) is 6.13. The summed E-state index contributed by atoms with van der Waals surface area (Å²) in [4.78, 5) is 23.7. The summed E-state index contributed by atoms with van der Waals surface area (Å²) in [7, 11) is 0. The van der Waals surface area contributed by atoms with Crippen molar-refractivity contribution in [3.05, 3.63) is 69.5 Å². The topological polar surface area (TPSA) is 55.4 Å². The van der Waals surface area contributed by atoms with E-state index in [2.05, 4.69) is 0 Å². The fourth-order valence-corrected chi connectivity index (χ4v) is 2.39. The number of amides is 1. The molecule has 0 bridgehead atoms. The summed E-state index contributed by atoms with van der Waals surface area (Å²) in [5.74, 6) is -6.46. The van der Waals surface area contributed by atoms with Crippen molar-refractivity contribution >= 4 is 46.8 Å². The lowest BCUT2D eigenvalue weighted by Gasteiger charge is -2.13. The van der Waals surface area contributed by atoms with Crippen molar-refractivity contribution in [1.29, 1.82) is 0 Å². The van der Waals surface area contributed by atoms with E-state index in [1.807, 2.05) is 5.32 Å². The van der Waals surface area contributed by atoms with E-state index in [4.69, 9.17) is 27.9 Å². The molecule has 4 nitrogen and oxygen atoms in total. The van der Waals surface area contributed by atoms with Crippen molar-refractivity contribution in [1.82, 2.24) is 0 Å². The van der Waals surface area contributed by atoms with Crippen molar-refractivity contribution in [3.8, 4) is 0 Å². The molecule has 0 aliphatic carbocycles. The van der Waals surface area contributed by atoms with Gasteiger partial charge in [-0.3, -0.25) is 4.79 Å².